The Balaban J connectivity index is 1.70. The highest BCUT2D eigenvalue weighted by Gasteiger charge is 2.41. The topological polar surface area (TPSA) is 12.0 Å². The number of hydrogen-bond acceptors (Lipinski definition) is 1. The number of allylic oxidation sites excluding steroid dienone is 2. The molecule has 0 amide bonds. The summed E-state index contributed by atoms with van der Waals surface area (Å²) in [5, 5.41) is 3.51. The maximum absolute atomic E-state index is 12.6. The number of halogens is 3. The van der Waals surface area contributed by atoms with Gasteiger partial charge in [-0.15, -0.1) is 0 Å². The first kappa shape index (κ1) is 15.9. The van der Waals surface area contributed by atoms with Gasteiger partial charge in [-0.05, 0) is 63.8 Å². The lowest BCUT2D eigenvalue weighted by Gasteiger charge is -2.32. The van der Waals surface area contributed by atoms with Crippen LogP contribution in [0.3, 0.4) is 0 Å². The molecule has 2 aliphatic rings. The minimum atomic E-state index is -3.99. The van der Waals surface area contributed by atoms with Crippen molar-refractivity contribution in [3.63, 3.8) is 0 Å². The Kier molecular flexibility index (Phi) is 5.16. The second kappa shape index (κ2) is 6.50. The van der Waals surface area contributed by atoms with E-state index in [-0.39, 0.29) is 6.04 Å². The fourth-order valence-electron chi connectivity index (χ4n) is 3.80. The molecule has 0 aliphatic heterocycles. The maximum Gasteiger partial charge on any atom is 0.391 e. The Morgan fingerprint density at radius 1 is 1.20 bits per heavy atom. The highest BCUT2D eigenvalue weighted by molar-refractivity contribution is 5.06. The smallest absolute Gasteiger partial charge is 0.314 e. The van der Waals surface area contributed by atoms with Gasteiger partial charge in [-0.3, -0.25) is 0 Å². The molecule has 0 bridgehead atoms. The van der Waals surface area contributed by atoms with Gasteiger partial charge in [0.1, 0.15) is 0 Å². The van der Waals surface area contributed by atoms with Crippen LogP contribution in [0.1, 0.15) is 52.4 Å². The third kappa shape index (κ3) is 4.51. The zero-order valence-electron chi connectivity index (χ0n) is 12.5. The Bertz CT molecular complexity index is 340. The summed E-state index contributed by atoms with van der Waals surface area (Å²) < 4.78 is 37.8. The van der Waals surface area contributed by atoms with E-state index in [1.54, 1.807) is 0 Å². The van der Waals surface area contributed by atoms with Gasteiger partial charge in [0.05, 0.1) is 5.92 Å². The fraction of sp³-hybridized carbons (Fsp3) is 0.875. The molecule has 0 aromatic carbocycles. The molecule has 0 heterocycles. The molecule has 2 unspecified atom stereocenters. The van der Waals surface area contributed by atoms with E-state index in [0.29, 0.717) is 37.5 Å². The molecule has 0 aromatic rings. The number of rotatable bonds is 3. The third-order valence-corrected chi connectivity index (χ3v) is 4.77. The van der Waals surface area contributed by atoms with Gasteiger partial charge >= 0.3 is 6.18 Å². The highest BCUT2D eigenvalue weighted by Crippen LogP contribution is 2.37. The van der Waals surface area contributed by atoms with Crippen molar-refractivity contribution in [2.75, 3.05) is 6.54 Å². The van der Waals surface area contributed by atoms with E-state index in [1.165, 1.54) is 12.0 Å². The zero-order valence-corrected chi connectivity index (χ0v) is 12.5. The number of hydrogen-bond donors (Lipinski definition) is 1. The third-order valence-electron chi connectivity index (χ3n) is 4.77. The molecule has 1 nitrogen and oxygen atoms in total. The number of alkyl halides is 3. The molecule has 0 spiro atoms. The van der Waals surface area contributed by atoms with Gasteiger partial charge < -0.3 is 5.32 Å². The Hall–Kier alpha value is -0.510. The first-order valence-corrected chi connectivity index (χ1v) is 7.82. The Morgan fingerprint density at radius 2 is 1.85 bits per heavy atom. The molecule has 0 aromatic heterocycles. The second-order valence-corrected chi connectivity index (χ2v) is 6.79. The molecule has 0 saturated heterocycles. The molecule has 1 saturated carbocycles. The molecular weight excluding hydrogens is 263 g/mol. The van der Waals surface area contributed by atoms with Crippen LogP contribution in [0.15, 0.2) is 11.6 Å². The molecule has 1 N–H and O–H groups in total. The van der Waals surface area contributed by atoms with Gasteiger partial charge in [-0.25, -0.2) is 0 Å². The van der Waals surface area contributed by atoms with Crippen LogP contribution in [-0.2, 0) is 0 Å². The summed E-state index contributed by atoms with van der Waals surface area (Å²) in [6, 6.07) is 0.287. The lowest BCUT2D eigenvalue weighted by molar-refractivity contribution is -0.182. The van der Waals surface area contributed by atoms with Crippen molar-refractivity contribution >= 4 is 0 Å². The van der Waals surface area contributed by atoms with E-state index in [4.69, 9.17) is 0 Å². The van der Waals surface area contributed by atoms with Crippen molar-refractivity contribution in [2.45, 2.75) is 64.6 Å². The molecule has 0 radical (unpaired) electrons. The zero-order chi connectivity index (χ0) is 14.8. The van der Waals surface area contributed by atoms with E-state index in [9.17, 15) is 13.2 Å². The summed E-state index contributed by atoms with van der Waals surface area (Å²) >= 11 is 0. The van der Waals surface area contributed by atoms with Gasteiger partial charge in [0.2, 0.25) is 0 Å². The Labute approximate surface area is 120 Å². The van der Waals surface area contributed by atoms with E-state index < -0.39 is 12.1 Å². The average Bonchev–Trinajstić information content (AvgIpc) is 2.35. The molecule has 2 atom stereocenters. The molecule has 20 heavy (non-hydrogen) atoms. The maximum atomic E-state index is 12.6. The molecular formula is C16H26F3N. The normalized spacial score (nSPS) is 35.8. The standard InChI is InChI=1S/C16H26F3N/c1-11-7-12(2)9-13(8-11)10-20-15-5-3-14(4-6-15)16(17,18)19/h7,11,13-15,20H,3-6,8-10H2,1-2H3. The summed E-state index contributed by atoms with van der Waals surface area (Å²) in [6.45, 7) is 5.37. The van der Waals surface area contributed by atoms with Crippen molar-refractivity contribution in [1.82, 2.24) is 5.32 Å². The van der Waals surface area contributed by atoms with Crippen molar-refractivity contribution in [1.29, 1.82) is 0 Å². The van der Waals surface area contributed by atoms with E-state index in [2.05, 4.69) is 25.2 Å². The first-order valence-electron chi connectivity index (χ1n) is 7.82. The van der Waals surface area contributed by atoms with Gasteiger partial charge in [0.15, 0.2) is 0 Å². The Morgan fingerprint density at radius 3 is 2.40 bits per heavy atom. The van der Waals surface area contributed by atoms with Crippen LogP contribution >= 0.6 is 0 Å². The predicted octanol–water partition coefficient (Wildman–Crippen LogP) is 4.69. The summed E-state index contributed by atoms with van der Waals surface area (Å²) in [7, 11) is 0. The van der Waals surface area contributed by atoms with Crippen LogP contribution in [0, 0.1) is 17.8 Å². The summed E-state index contributed by atoms with van der Waals surface area (Å²) in [6.07, 6.45) is 2.60. The molecule has 2 aliphatic carbocycles. The molecule has 116 valence electrons. The first-order chi connectivity index (χ1) is 9.34. The predicted molar refractivity (Wildman–Crippen MR) is 75.4 cm³/mol. The fourth-order valence-corrected chi connectivity index (χ4v) is 3.80. The summed E-state index contributed by atoms with van der Waals surface area (Å²) in [5.74, 6) is 0.215. The molecule has 2 rings (SSSR count). The SMILES string of the molecule is CC1=CC(C)CC(CNC2CCC(C(F)(F)F)CC2)C1. The van der Waals surface area contributed by atoms with Gasteiger partial charge in [-0.1, -0.05) is 18.6 Å². The monoisotopic (exact) mass is 289 g/mol. The van der Waals surface area contributed by atoms with E-state index in [1.807, 2.05) is 0 Å². The quantitative estimate of drug-likeness (QED) is 0.743. The van der Waals surface area contributed by atoms with Crippen molar-refractivity contribution in [3.8, 4) is 0 Å². The van der Waals surface area contributed by atoms with Crippen LogP contribution in [0.4, 0.5) is 13.2 Å². The van der Waals surface area contributed by atoms with Crippen LogP contribution in [0.25, 0.3) is 0 Å². The molecule has 1 fully saturated rings. The van der Waals surface area contributed by atoms with Crippen LogP contribution < -0.4 is 5.32 Å². The van der Waals surface area contributed by atoms with Crippen LogP contribution in [-0.4, -0.2) is 18.8 Å². The summed E-state index contributed by atoms with van der Waals surface area (Å²) in [4.78, 5) is 0. The minimum Gasteiger partial charge on any atom is -0.314 e. The average molecular weight is 289 g/mol. The summed E-state index contributed by atoms with van der Waals surface area (Å²) in [5.41, 5.74) is 1.45. The minimum absolute atomic E-state index is 0.287. The van der Waals surface area contributed by atoms with Crippen molar-refractivity contribution in [3.05, 3.63) is 11.6 Å². The number of nitrogens with one attached hydrogen (secondary N) is 1. The van der Waals surface area contributed by atoms with Crippen molar-refractivity contribution in [2.24, 2.45) is 17.8 Å². The lowest BCUT2D eigenvalue weighted by Crippen LogP contribution is -2.39. The van der Waals surface area contributed by atoms with Crippen LogP contribution in [0.5, 0.6) is 0 Å². The van der Waals surface area contributed by atoms with Gasteiger partial charge in [-0.2, -0.15) is 13.2 Å². The largest absolute Gasteiger partial charge is 0.391 e. The second-order valence-electron chi connectivity index (χ2n) is 6.79. The molecule has 4 heteroatoms. The highest BCUT2D eigenvalue weighted by atomic mass is 19.4. The van der Waals surface area contributed by atoms with Gasteiger partial charge in [0.25, 0.3) is 0 Å². The van der Waals surface area contributed by atoms with E-state index in [0.717, 1.165) is 13.0 Å². The van der Waals surface area contributed by atoms with Gasteiger partial charge in [0, 0.05) is 6.04 Å². The lowest BCUT2D eigenvalue weighted by atomic mass is 9.82. The van der Waals surface area contributed by atoms with Crippen molar-refractivity contribution < 1.29 is 13.2 Å². The van der Waals surface area contributed by atoms with Crippen LogP contribution in [0.2, 0.25) is 0 Å². The van der Waals surface area contributed by atoms with E-state index >= 15 is 0 Å².